The summed E-state index contributed by atoms with van der Waals surface area (Å²) in [6.45, 7) is 0. The molecule has 124 valence electrons. The van der Waals surface area contributed by atoms with Crippen molar-refractivity contribution in [2.24, 2.45) is 0 Å². The van der Waals surface area contributed by atoms with Gasteiger partial charge in [-0.15, -0.1) is 0 Å². The third kappa shape index (κ3) is 3.57. The zero-order valence-corrected chi connectivity index (χ0v) is 14.5. The van der Waals surface area contributed by atoms with Gasteiger partial charge < -0.3 is 5.32 Å². The van der Waals surface area contributed by atoms with Crippen LogP contribution in [0.25, 0.3) is 0 Å². The van der Waals surface area contributed by atoms with E-state index in [-0.39, 0.29) is 15.5 Å². The lowest BCUT2D eigenvalue weighted by Gasteiger charge is -2.13. The van der Waals surface area contributed by atoms with Crippen molar-refractivity contribution < 1.29 is 13.2 Å². The molecule has 0 aliphatic rings. The predicted molar refractivity (Wildman–Crippen MR) is 91.4 cm³/mol. The molecule has 2 aromatic rings. The zero-order valence-electron chi connectivity index (χ0n) is 12.9. The summed E-state index contributed by atoms with van der Waals surface area (Å²) in [5, 5.41) is 11.7. The van der Waals surface area contributed by atoms with Crippen molar-refractivity contribution in [1.29, 1.82) is 5.26 Å². The second kappa shape index (κ2) is 7.01. The highest BCUT2D eigenvalue weighted by atomic mass is 35.5. The van der Waals surface area contributed by atoms with Crippen molar-refractivity contribution in [2.45, 2.75) is 4.90 Å². The first-order valence-corrected chi connectivity index (χ1v) is 8.61. The molecule has 1 amide bonds. The summed E-state index contributed by atoms with van der Waals surface area (Å²) in [5.74, 6) is -0.599. The Labute approximate surface area is 145 Å². The average molecular weight is 364 g/mol. The molecule has 0 fully saturated rings. The number of sulfonamides is 1. The van der Waals surface area contributed by atoms with Crippen molar-refractivity contribution in [2.75, 3.05) is 19.4 Å². The highest BCUT2D eigenvalue weighted by Gasteiger charge is 2.21. The van der Waals surface area contributed by atoms with Crippen molar-refractivity contribution >= 4 is 33.2 Å². The molecule has 0 aromatic heterocycles. The normalized spacial score (nSPS) is 11.1. The SMILES string of the molecule is CN(C)S(=O)(=O)c1ccc(Cl)c(C(=O)Nc2ccccc2C#N)c1. The van der Waals surface area contributed by atoms with Gasteiger partial charge in [0, 0.05) is 14.1 Å². The fourth-order valence-electron chi connectivity index (χ4n) is 1.93. The van der Waals surface area contributed by atoms with E-state index in [4.69, 9.17) is 16.9 Å². The molecule has 2 rings (SSSR count). The maximum Gasteiger partial charge on any atom is 0.257 e. The van der Waals surface area contributed by atoms with E-state index in [1.165, 1.54) is 32.3 Å². The van der Waals surface area contributed by atoms with Crippen LogP contribution in [0.15, 0.2) is 47.4 Å². The van der Waals surface area contributed by atoms with Gasteiger partial charge in [-0.1, -0.05) is 23.7 Å². The summed E-state index contributed by atoms with van der Waals surface area (Å²) in [6, 6.07) is 12.3. The zero-order chi connectivity index (χ0) is 17.9. The van der Waals surface area contributed by atoms with Gasteiger partial charge in [-0.05, 0) is 30.3 Å². The standard InChI is InChI=1S/C16H14ClN3O3S/c1-20(2)24(22,23)12-7-8-14(17)13(9-12)16(21)19-15-6-4-3-5-11(15)10-18/h3-9H,1-2H3,(H,19,21). The minimum absolute atomic E-state index is 0.00679. The van der Waals surface area contributed by atoms with E-state index in [0.717, 1.165) is 4.31 Å². The topological polar surface area (TPSA) is 90.3 Å². The van der Waals surface area contributed by atoms with Crippen molar-refractivity contribution in [3.8, 4) is 6.07 Å². The van der Waals surface area contributed by atoms with Gasteiger partial charge in [-0.2, -0.15) is 5.26 Å². The smallest absolute Gasteiger partial charge is 0.257 e. The van der Waals surface area contributed by atoms with E-state index in [2.05, 4.69) is 5.32 Å². The number of nitrogens with zero attached hydrogens (tertiary/aromatic N) is 2. The molecule has 0 atom stereocenters. The summed E-state index contributed by atoms with van der Waals surface area (Å²) in [5.41, 5.74) is 0.619. The van der Waals surface area contributed by atoms with Crippen LogP contribution >= 0.6 is 11.6 Å². The van der Waals surface area contributed by atoms with E-state index < -0.39 is 15.9 Å². The van der Waals surface area contributed by atoms with E-state index >= 15 is 0 Å². The van der Waals surface area contributed by atoms with Crippen LogP contribution in [0, 0.1) is 11.3 Å². The largest absolute Gasteiger partial charge is 0.321 e. The number of amides is 1. The molecule has 0 saturated carbocycles. The summed E-state index contributed by atoms with van der Waals surface area (Å²) >= 11 is 6.03. The molecule has 0 unspecified atom stereocenters. The van der Waals surface area contributed by atoms with Gasteiger partial charge in [0.25, 0.3) is 5.91 Å². The van der Waals surface area contributed by atoms with E-state index in [1.807, 2.05) is 6.07 Å². The third-order valence-electron chi connectivity index (χ3n) is 3.26. The molecule has 0 spiro atoms. The number of hydrogen-bond acceptors (Lipinski definition) is 4. The maximum atomic E-state index is 12.4. The fourth-order valence-corrected chi connectivity index (χ4v) is 3.06. The Kier molecular flexibility index (Phi) is 5.24. The molecular weight excluding hydrogens is 350 g/mol. The number of anilines is 1. The van der Waals surface area contributed by atoms with Crippen LogP contribution in [-0.2, 0) is 10.0 Å². The van der Waals surface area contributed by atoms with Crippen LogP contribution in [0.1, 0.15) is 15.9 Å². The molecule has 8 heteroatoms. The molecule has 2 aromatic carbocycles. The summed E-state index contributed by atoms with van der Waals surface area (Å²) in [6.07, 6.45) is 0. The van der Waals surface area contributed by atoms with Gasteiger partial charge in [-0.3, -0.25) is 4.79 Å². The summed E-state index contributed by atoms with van der Waals surface area (Å²) < 4.78 is 25.4. The first-order chi connectivity index (χ1) is 11.3. The minimum atomic E-state index is -3.69. The van der Waals surface area contributed by atoms with Gasteiger partial charge in [-0.25, -0.2) is 12.7 Å². The number of nitriles is 1. The number of halogens is 1. The first-order valence-electron chi connectivity index (χ1n) is 6.80. The number of carbonyl (C=O) groups excluding carboxylic acids is 1. The maximum absolute atomic E-state index is 12.4. The Hall–Kier alpha value is -2.40. The highest BCUT2D eigenvalue weighted by molar-refractivity contribution is 7.89. The molecule has 0 saturated heterocycles. The highest BCUT2D eigenvalue weighted by Crippen LogP contribution is 2.24. The lowest BCUT2D eigenvalue weighted by molar-refractivity contribution is 0.102. The van der Waals surface area contributed by atoms with Gasteiger partial charge in [0.15, 0.2) is 0 Å². The number of rotatable bonds is 4. The van der Waals surface area contributed by atoms with Crippen LogP contribution in [0.4, 0.5) is 5.69 Å². The quantitative estimate of drug-likeness (QED) is 0.904. The second-order valence-electron chi connectivity index (χ2n) is 5.04. The number of benzene rings is 2. The van der Waals surface area contributed by atoms with Crippen LogP contribution in [-0.4, -0.2) is 32.7 Å². The predicted octanol–water partition coefficient (Wildman–Crippen LogP) is 2.71. The van der Waals surface area contributed by atoms with E-state index in [1.54, 1.807) is 24.3 Å². The fraction of sp³-hybridized carbons (Fsp3) is 0.125. The Morgan fingerprint density at radius 2 is 1.88 bits per heavy atom. The number of para-hydroxylation sites is 1. The molecule has 0 aliphatic carbocycles. The molecular formula is C16H14ClN3O3S. The Morgan fingerprint density at radius 1 is 1.21 bits per heavy atom. The van der Waals surface area contributed by atoms with Crippen LogP contribution in [0.2, 0.25) is 5.02 Å². The number of hydrogen-bond donors (Lipinski definition) is 1. The number of carbonyl (C=O) groups is 1. The Bertz CT molecular complexity index is 934. The molecule has 0 heterocycles. The molecule has 1 N–H and O–H groups in total. The van der Waals surface area contributed by atoms with Gasteiger partial charge in [0.2, 0.25) is 10.0 Å². The van der Waals surface area contributed by atoms with E-state index in [0.29, 0.717) is 11.3 Å². The van der Waals surface area contributed by atoms with Crippen molar-refractivity contribution in [3.05, 3.63) is 58.6 Å². The first kappa shape index (κ1) is 17.9. The molecule has 0 aliphatic heterocycles. The Morgan fingerprint density at radius 3 is 2.50 bits per heavy atom. The van der Waals surface area contributed by atoms with Crippen LogP contribution in [0.5, 0.6) is 0 Å². The molecule has 0 bridgehead atoms. The summed E-state index contributed by atoms with van der Waals surface area (Å²) in [7, 11) is -0.902. The van der Waals surface area contributed by atoms with Crippen molar-refractivity contribution in [1.82, 2.24) is 4.31 Å². The second-order valence-corrected chi connectivity index (χ2v) is 7.60. The lowest BCUT2D eigenvalue weighted by atomic mass is 10.1. The third-order valence-corrected chi connectivity index (χ3v) is 5.40. The summed E-state index contributed by atoms with van der Waals surface area (Å²) in [4.78, 5) is 12.4. The minimum Gasteiger partial charge on any atom is -0.321 e. The number of nitrogens with one attached hydrogen (secondary N) is 1. The van der Waals surface area contributed by atoms with Crippen LogP contribution < -0.4 is 5.32 Å². The van der Waals surface area contributed by atoms with E-state index in [9.17, 15) is 13.2 Å². The monoisotopic (exact) mass is 363 g/mol. The molecule has 0 radical (unpaired) electrons. The van der Waals surface area contributed by atoms with Crippen LogP contribution in [0.3, 0.4) is 0 Å². The lowest BCUT2D eigenvalue weighted by Crippen LogP contribution is -2.23. The van der Waals surface area contributed by atoms with Crippen molar-refractivity contribution in [3.63, 3.8) is 0 Å². The van der Waals surface area contributed by atoms with Gasteiger partial charge in [0.05, 0.1) is 26.7 Å². The molecule has 6 nitrogen and oxygen atoms in total. The van der Waals surface area contributed by atoms with Gasteiger partial charge >= 0.3 is 0 Å². The Balaban J connectivity index is 2.42. The molecule has 24 heavy (non-hydrogen) atoms. The van der Waals surface area contributed by atoms with Gasteiger partial charge in [0.1, 0.15) is 6.07 Å². The average Bonchev–Trinajstić information content (AvgIpc) is 2.55.